The van der Waals surface area contributed by atoms with Gasteiger partial charge in [-0.15, -0.1) is 0 Å². The molecule has 0 saturated carbocycles. The lowest BCUT2D eigenvalue weighted by Gasteiger charge is -2.36. The quantitative estimate of drug-likeness (QED) is 0.259. The van der Waals surface area contributed by atoms with Crippen molar-refractivity contribution in [3.05, 3.63) is 113 Å². The van der Waals surface area contributed by atoms with Crippen molar-refractivity contribution < 1.29 is 17.9 Å². The van der Waals surface area contributed by atoms with Gasteiger partial charge >= 0.3 is 0 Å². The molecule has 1 aliphatic heterocycles. The number of carbonyl (C=O) groups excluding carboxylic acids is 1. The molecule has 212 valence electrons. The molecular formula is C31H31ClN4O4S. The van der Waals surface area contributed by atoms with Crippen LogP contribution in [-0.2, 0) is 16.6 Å². The molecule has 0 aromatic heterocycles. The summed E-state index contributed by atoms with van der Waals surface area (Å²) >= 11 is 6.32. The molecule has 0 unspecified atom stereocenters. The summed E-state index contributed by atoms with van der Waals surface area (Å²) in [5.41, 5.74) is 2.92. The van der Waals surface area contributed by atoms with Gasteiger partial charge in [0.1, 0.15) is 10.6 Å². The minimum Gasteiger partial charge on any atom is -0.497 e. The molecule has 1 amide bonds. The van der Waals surface area contributed by atoms with Crippen molar-refractivity contribution in [1.29, 1.82) is 0 Å². The smallest absolute Gasteiger partial charge is 0.263 e. The summed E-state index contributed by atoms with van der Waals surface area (Å²) < 4.78 is 35.3. The highest BCUT2D eigenvalue weighted by atomic mass is 35.5. The second-order valence-electron chi connectivity index (χ2n) is 9.61. The number of amides is 1. The minimum atomic E-state index is -4.10. The van der Waals surface area contributed by atoms with Gasteiger partial charge in [-0.1, -0.05) is 54.1 Å². The van der Waals surface area contributed by atoms with Crippen LogP contribution in [-0.4, -0.2) is 52.5 Å². The maximum atomic E-state index is 13.7. The van der Waals surface area contributed by atoms with Gasteiger partial charge in [0, 0.05) is 55.1 Å². The molecule has 1 saturated heterocycles. The van der Waals surface area contributed by atoms with Crippen LogP contribution in [0.3, 0.4) is 0 Å². The van der Waals surface area contributed by atoms with E-state index < -0.39 is 10.0 Å². The van der Waals surface area contributed by atoms with Crippen molar-refractivity contribution in [2.24, 2.45) is 0 Å². The fourth-order valence-corrected chi connectivity index (χ4v) is 6.20. The lowest BCUT2D eigenvalue weighted by molar-refractivity contribution is 0.0746. The van der Waals surface area contributed by atoms with Crippen LogP contribution in [0.1, 0.15) is 15.9 Å². The summed E-state index contributed by atoms with van der Waals surface area (Å²) in [5, 5.41) is 3.76. The van der Waals surface area contributed by atoms with E-state index in [0.29, 0.717) is 60.4 Å². The number of hydrogen-bond donors (Lipinski definition) is 2. The fourth-order valence-electron chi connectivity index (χ4n) is 4.74. The van der Waals surface area contributed by atoms with Crippen LogP contribution in [0.25, 0.3) is 0 Å². The molecule has 0 bridgehead atoms. The number of ether oxygens (including phenoxy) is 1. The number of nitrogens with one attached hydrogen (secondary N) is 2. The minimum absolute atomic E-state index is 0.0406. The van der Waals surface area contributed by atoms with Crippen molar-refractivity contribution in [2.75, 3.05) is 48.2 Å². The number of carbonyl (C=O) groups is 1. The van der Waals surface area contributed by atoms with Gasteiger partial charge < -0.3 is 19.9 Å². The van der Waals surface area contributed by atoms with Crippen LogP contribution >= 0.6 is 11.6 Å². The third-order valence-electron chi connectivity index (χ3n) is 6.96. The molecule has 2 N–H and O–H groups in total. The zero-order chi connectivity index (χ0) is 28.8. The molecule has 0 spiro atoms. The summed E-state index contributed by atoms with van der Waals surface area (Å²) in [4.78, 5) is 17.5. The van der Waals surface area contributed by atoms with Crippen molar-refractivity contribution in [3.8, 4) is 5.75 Å². The Labute approximate surface area is 245 Å². The van der Waals surface area contributed by atoms with Gasteiger partial charge in [0.15, 0.2) is 0 Å². The maximum Gasteiger partial charge on any atom is 0.263 e. The molecule has 8 nitrogen and oxygen atoms in total. The summed E-state index contributed by atoms with van der Waals surface area (Å²) in [6.07, 6.45) is 0. The molecule has 1 heterocycles. The first-order valence-electron chi connectivity index (χ1n) is 13.2. The Morgan fingerprint density at radius 3 is 2.34 bits per heavy atom. The van der Waals surface area contributed by atoms with Crippen molar-refractivity contribution in [1.82, 2.24) is 4.90 Å². The van der Waals surface area contributed by atoms with E-state index in [2.05, 4.69) is 27.1 Å². The Morgan fingerprint density at radius 2 is 1.61 bits per heavy atom. The van der Waals surface area contributed by atoms with Gasteiger partial charge in [0.05, 0.1) is 18.5 Å². The Morgan fingerprint density at radius 1 is 0.878 bits per heavy atom. The number of rotatable bonds is 9. The largest absolute Gasteiger partial charge is 0.497 e. The van der Waals surface area contributed by atoms with Crippen molar-refractivity contribution >= 4 is 44.6 Å². The van der Waals surface area contributed by atoms with E-state index in [1.807, 2.05) is 36.4 Å². The van der Waals surface area contributed by atoms with Crippen LogP contribution < -0.4 is 19.7 Å². The molecule has 1 aliphatic rings. The van der Waals surface area contributed by atoms with E-state index in [4.69, 9.17) is 16.3 Å². The van der Waals surface area contributed by atoms with Crippen molar-refractivity contribution in [2.45, 2.75) is 11.4 Å². The lowest BCUT2D eigenvalue weighted by Crippen LogP contribution is -2.48. The van der Waals surface area contributed by atoms with Gasteiger partial charge in [-0.3, -0.25) is 9.52 Å². The number of nitrogens with zero attached hydrogens (tertiary/aromatic N) is 2. The molecule has 1 fully saturated rings. The lowest BCUT2D eigenvalue weighted by atomic mass is 10.1. The highest BCUT2D eigenvalue weighted by Gasteiger charge is 2.26. The number of sulfonamides is 1. The number of methoxy groups -OCH3 is 1. The Balaban J connectivity index is 1.40. The molecule has 0 atom stereocenters. The first kappa shape index (κ1) is 28.3. The summed E-state index contributed by atoms with van der Waals surface area (Å²) in [6.45, 7) is 2.75. The second kappa shape index (κ2) is 12.5. The van der Waals surface area contributed by atoms with Crippen LogP contribution in [0.4, 0.5) is 17.1 Å². The average Bonchev–Trinajstić information content (AvgIpc) is 3.00. The van der Waals surface area contributed by atoms with E-state index >= 15 is 0 Å². The molecule has 4 aromatic carbocycles. The predicted octanol–water partition coefficient (Wildman–Crippen LogP) is 5.72. The van der Waals surface area contributed by atoms with E-state index in [0.717, 1.165) is 11.3 Å². The average molecular weight is 591 g/mol. The molecule has 41 heavy (non-hydrogen) atoms. The zero-order valence-corrected chi connectivity index (χ0v) is 24.2. The molecule has 5 rings (SSSR count). The number of anilines is 3. The first-order valence-corrected chi connectivity index (χ1v) is 15.1. The van der Waals surface area contributed by atoms with Gasteiger partial charge in [-0.25, -0.2) is 8.42 Å². The Bertz CT molecular complexity index is 1620. The van der Waals surface area contributed by atoms with Crippen LogP contribution in [0.5, 0.6) is 5.75 Å². The fraction of sp³-hybridized carbons (Fsp3) is 0.194. The van der Waals surface area contributed by atoms with Crippen molar-refractivity contribution in [3.63, 3.8) is 0 Å². The monoisotopic (exact) mass is 590 g/mol. The van der Waals surface area contributed by atoms with Gasteiger partial charge in [0.2, 0.25) is 0 Å². The number of hydrogen-bond acceptors (Lipinski definition) is 6. The third kappa shape index (κ3) is 6.75. The Kier molecular flexibility index (Phi) is 8.66. The molecule has 0 radical (unpaired) electrons. The normalized spacial score (nSPS) is 13.5. The number of benzene rings is 4. The standard InChI is InChI=1S/C31H31ClN4O4S/c1-40-27-12-7-9-25(21-27)34-41(38,39)30-20-23(14-15-29(30)33-22-24-8-5-6-13-28(24)32)31(37)36-18-16-35(17-19-36)26-10-3-2-4-11-26/h2-15,20-21,33-34H,16-19,22H2,1H3. The Hall–Kier alpha value is -4.21. The number of para-hydroxylation sites is 1. The van der Waals surface area contributed by atoms with Gasteiger partial charge in [0.25, 0.3) is 15.9 Å². The topological polar surface area (TPSA) is 91.0 Å². The maximum absolute atomic E-state index is 13.7. The zero-order valence-electron chi connectivity index (χ0n) is 22.6. The highest BCUT2D eigenvalue weighted by Crippen LogP contribution is 2.29. The summed E-state index contributed by atoms with van der Waals surface area (Å²) in [6, 6.07) is 28.8. The number of piperazine rings is 1. The SMILES string of the molecule is COc1cccc(NS(=O)(=O)c2cc(C(=O)N3CCN(c4ccccc4)CC3)ccc2NCc2ccccc2Cl)c1. The molecule has 10 heteroatoms. The van der Waals surface area contributed by atoms with E-state index in [1.54, 1.807) is 47.4 Å². The highest BCUT2D eigenvalue weighted by molar-refractivity contribution is 7.92. The molecule has 4 aromatic rings. The van der Waals surface area contributed by atoms with Gasteiger partial charge in [-0.05, 0) is 54.1 Å². The number of halogens is 1. The summed E-state index contributed by atoms with van der Waals surface area (Å²) in [7, 11) is -2.58. The predicted molar refractivity (Wildman–Crippen MR) is 164 cm³/mol. The molecule has 0 aliphatic carbocycles. The summed E-state index contributed by atoms with van der Waals surface area (Å²) in [5.74, 6) is 0.300. The van der Waals surface area contributed by atoms with Gasteiger partial charge in [-0.2, -0.15) is 0 Å². The molecular weight excluding hydrogens is 560 g/mol. The third-order valence-corrected chi connectivity index (χ3v) is 8.75. The van der Waals surface area contributed by atoms with Crippen LogP contribution in [0.2, 0.25) is 5.02 Å². The van der Waals surface area contributed by atoms with E-state index in [-0.39, 0.29) is 10.8 Å². The second-order valence-corrected chi connectivity index (χ2v) is 11.7. The first-order chi connectivity index (χ1) is 19.8. The van der Waals surface area contributed by atoms with Crippen LogP contribution in [0.15, 0.2) is 102 Å². The van der Waals surface area contributed by atoms with E-state index in [9.17, 15) is 13.2 Å². The van der Waals surface area contributed by atoms with E-state index in [1.165, 1.54) is 13.2 Å². The van der Waals surface area contributed by atoms with Crippen LogP contribution in [0, 0.1) is 0 Å².